The number of hydrogen-bond donors (Lipinski definition) is 1. The lowest BCUT2D eigenvalue weighted by atomic mass is 10.1. The number of hydrogen-bond acceptors (Lipinski definition) is 4. The normalized spacial score (nSPS) is 10.1. The van der Waals surface area contributed by atoms with Gasteiger partial charge in [0.05, 0.1) is 7.11 Å². The second-order valence-electron chi connectivity index (χ2n) is 3.75. The fourth-order valence-electron chi connectivity index (χ4n) is 1.56. The third-order valence-electron chi connectivity index (χ3n) is 2.51. The van der Waals surface area contributed by atoms with Gasteiger partial charge in [-0.25, -0.2) is 9.97 Å². The molecule has 0 aliphatic carbocycles. The molecule has 4 nitrogen and oxygen atoms in total. The first-order valence-corrected chi connectivity index (χ1v) is 6.00. The molecular weight excluding hydrogens is 250 g/mol. The standard InChI is InChI=1S/C13H14ClN3O/c1-18-11-4-2-10(3-5-11)6-7-15-13-8-12(14)16-9-17-13/h2-5,8-9H,6-7H2,1H3,(H,15,16,17). The highest BCUT2D eigenvalue weighted by atomic mass is 35.5. The van der Waals surface area contributed by atoms with E-state index in [0.29, 0.717) is 5.15 Å². The first kappa shape index (κ1) is 12.6. The fraction of sp³-hybridized carbons (Fsp3) is 0.231. The van der Waals surface area contributed by atoms with Crippen molar-refractivity contribution in [3.05, 3.63) is 47.4 Å². The Bertz CT molecular complexity index is 502. The summed E-state index contributed by atoms with van der Waals surface area (Å²) >= 11 is 5.77. The van der Waals surface area contributed by atoms with E-state index in [2.05, 4.69) is 15.3 Å². The molecule has 5 heteroatoms. The van der Waals surface area contributed by atoms with Gasteiger partial charge in [0.15, 0.2) is 0 Å². The molecule has 0 spiro atoms. The summed E-state index contributed by atoms with van der Waals surface area (Å²) in [6.45, 7) is 0.791. The molecule has 0 amide bonds. The SMILES string of the molecule is COc1ccc(CCNc2cc(Cl)ncn2)cc1. The van der Waals surface area contributed by atoms with E-state index >= 15 is 0 Å². The molecular formula is C13H14ClN3O. The van der Waals surface area contributed by atoms with Crippen LogP contribution >= 0.6 is 11.6 Å². The van der Waals surface area contributed by atoms with E-state index in [1.54, 1.807) is 13.2 Å². The van der Waals surface area contributed by atoms with E-state index in [1.165, 1.54) is 11.9 Å². The minimum Gasteiger partial charge on any atom is -0.497 e. The van der Waals surface area contributed by atoms with Crippen molar-refractivity contribution in [1.82, 2.24) is 9.97 Å². The maximum Gasteiger partial charge on any atom is 0.134 e. The molecule has 0 fully saturated rings. The fourth-order valence-corrected chi connectivity index (χ4v) is 1.70. The van der Waals surface area contributed by atoms with Gasteiger partial charge in [0.25, 0.3) is 0 Å². The van der Waals surface area contributed by atoms with E-state index < -0.39 is 0 Å². The average Bonchev–Trinajstić information content (AvgIpc) is 2.40. The summed E-state index contributed by atoms with van der Waals surface area (Å²) in [5.74, 6) is 1.61. The Morgan fingerprint density at radius 3 is 2.67 bits per heavy atom. The Labute approximate surface area is 111 Å². The van der Waals surface area contributed by atoms with Crippen LogP contribution in [0.15, 0.2) is 36.7 Å². The quantitative estimate of drug-likeness (QED) is 0.843. The van der Waals surface area contributed by atoms with Crippen molar-refractivity contribution in [2.75, 3.05) is 19.0 Å². The van der Waals surface area contributed by atoms with Gasteiger partial charge in [-0.1, -0.05) is 23.7 Å². The summed E-state index contributed by atoms with van der Waals surface area (Å²) in [5, 5.41) is 3.64. The molecule has 1 heterocycles. The third kappa shape index (κ3) is 3.60. The van der Waals surface area contributed by atoms with Crippen molar-refractivity contribution in [1.29, 1.82) is 0 Å². The van der Waals surface area contributed by atoms with Crippen LogP contribution in [-0.2, 0) is 6.42 Å². The van der Waals surface area contributed by atoms with Gasteiger partial charge in [0.1, 0.15) is 23.0 Å². The Kier molecular flexibility index (Phi) is 4.36. The number of benzene rings is 1. The van der Waals surface area contributed by atoms with Gasteiger partial charge in [-0.2, -0.15) is 0 Å². The van der Waals surface area contributed by atoms with Gasteiger partial charge in [-0.3, -0.25) is 0 Å². The van der Waals surface area contributed by atoms with E-state index in [-0.39, 0.29) is 0 Å². The number of halogens is 1. The van der Waals surface area contributed by atoms with Crippen molar-refractivity contribution >= 4 is 17.4 Å². The molecule has 1 aromatic carbocycles. The summed E-state index contributed by atoms with van der Waals surface area (Å²) in [5.41, 5.74) is 1.24. The third-order valence-corrected chi connectivity index (χ3v) is 2.72. The molecule has 0 aliphatic heterocycles. The van der Waals surface area contributed by atoms with Crippen LogP contribution in [0.3, 0.4) is 0 Å². The zero-order chi connectivity index (χ0) is 12.8. The number of nitrogens with zero attached hydrogens (tertiary/aromatic N) is 2. The highest BCUT2D eigenvalue weighted by molar-refractivity contribution is 6.29. The van der Waals surface area contributed by atoms with Gasteiger partial charge < -0.3 is 10.1 Å². The molecule has 18 heavy (non-hydrogen) atoms. The highest BCUT2D eigenvalue weighted by Gasteiger charge is 1.97. The molecule has 1 aromatic heterocycles. The molecule has 2 aromatic rings. The van der Waals surface area contributed by atoms with Gasteiger partial charge >= 0.3 is 0 Å². The summed E-state index contributed by atoms with van der Waals surface area (Å²) < 4.78 is 5.11. The molecule has 1 N–H and O–H groups in total. The minimum atomic E-state index is 0.442. The van der Waals surface area contributed by atoms with Crippen LogP contribution in [0.1, 0.15) is 5.56 Å². The maximum atomic E-state index is 5.77. The van der Waals surface area contributed by atoms with Gasteiger partial charge in [0.2, 0.25) is 0 Å². The van der Waals surface area contributed by atoms with Crippen LogP contribution in [0, 0.1) is 0 Å². The average molecular weight is 264 g/mol. The van der Waals surface area contributed by atoms with Crippen molar-refractivity contribution in [2.45, 2.75) is 6.42 Å². The lowest BCUT2D eigenvalue weighted by Gasteiger charge is -2.06. The van der Waals surface area contributed by atoms with Crippen LogP contribution < -0.4 is 10.1 Å². The Morgan fingerprint density at radius 1 is 1.22 bits per heavy atom. The van der Waals surface area contributed by atoms with Crippen LogP contribution in [0.5, 0.6) is 5.75 Å². The molecule has 0 saturated carbocycles. The number of rotatable bonds is 5. The summed E-state index contributed by atoms with van der Waals surface area (Å²) in [6, 6.07) is 9.71. The molecule has 0 unspecified atom stereocenters. The molecule has 0 atom stereocenters. The monoisotopic (exact) mass is 263 g/mol. The predicted molar refractivity (Wildman–Crippen MR) is 72.2 cm³/mol. The number of aromatic nitrogens is 2. The topological polar surface area (TPSA) is 47.0 Å². The zero-order valence-electron chi connectivity index (χ0n) is 10.1. The van der Waals surface area contributed by atoms with Gasteiger partial charge in [-0.15, -0.1) is 0 Å². The van der Waals surface area contributed by atoms with Crippen molar-refractivity contribution in [3.8, 4) is 5.75 Å². The lowest BCUT2D eigenvalue weighted by Crippen LogP contribution is -2.06. The number of nitrogens with one attached hydrogen (secondary N) is 1. The van der Waals surface area contributed by atoms with Crippen LogP contribution in [0.2, 0.25) is 5.15 Å². The molecule has 0 bridgehead atoms. The van der Waals surface area contributed by atoms with E-state index in [4.69, 9.17) is 16.3 Å². The van der Waals surface area contributed by atoms with Gasteiger partial charge in [0, 0.05) is 12.6 Å². The first-order chi connectivity index (χ1) is 8.78. The van der Waals surface area contributed by atoms with Crippen molar-refractivity contribution in [3.63, 3.8) is 0 Å². The smallest absolute Gasteiger partial charge is 0.134 e. The molecule has 94 valence electrons. The minimum absolute atomic E-state index is 0.442. The molecule has 0 saturated heterocycles. The Morgan fingerprint density at radius 2 is 2.00 bits per heavy atom. The van der Waals surface area contributed by atoms with Crippen LogP contribution in [-0.4, -0.2) is 23.6 Å². The molecule has 0 radical (unpaired) electrons. The summed E-state index contributed by atoms with van der Waals surface area (Å²) in [7, 11) is 1.66. The van der Waals surface area contributed by atoms with E-state index in [9.17, 15) is 0 Å². The number of methoxy groups -OCH3 is 1. The van der Waals surface area contributed by atoms with Crippen LogP contribution in [0.25, 0.3) is 0 Å². The Hall–Kier alpha value is -1.81. The maximum absolute atomic E-state index is 5.77. The number of ether oxygens (including phenoxy) is 1. The first-order valence-electron chi connectivity index (χ1n) is 5.62. The summed E-state index contributed by atoms with van der Waals surface area (Å²) in [4.78, 5) is 7.90. The molecule has 0 aliphatic rings. The lowest BCUT2D eigenvalue weighted by molar-refractivity contribution is 0.414. The Balaban J connectivity index is 1.84. The van der Waals surface area contributed by atoms with E-state index in [1.807, 2.05) is 24.3 Å². The second kappa shape index (κ2) is 6.21. The summed E-state index contributed by atoms with van der Waals surface area (Å²) in [6.07, 6.45) is 2.35. The largest absolute Gasteiger partial charge is 0.497 e. The zero-order valence-corrected chi connectivity index (χ0v) is 10.8. The van der Waals surface area contributed by atoms with Crippen molar-refractivity contribution < 1.29 is 4.74 Å². The van der Waals surface area contributed by atoms with Crippen molar-refractivity contribution in [2.24, 2.45) is 0 Å². The van der Waals surface area contributed by atoms with Crippen LogP contribution in [0.4, 0.5) is 5.82 Å². The number of anilines is 1. The van der Waals surface area contributed by atoms with E-state index in [0.717, 1.165) is 24.5 Å². The predicted octanol–water partition coefficient (Wildman–Crippen LogP) is 2.79. The highest BCUT2D eigenvalue weighted by Crippen LogP contribution is 2.12. The second-order valence-corrected chi connectivity index (χ2v) is 4.14. The van der Waals surface area contributed by atoms with Gasteiger partial charge in [-0.05, 0) is 24.1 Å². The molecule has 2 rings (SSSR count).